The van der Waals surface area contributed by atoms with Gasteiger partial charge in [0.25, 0.3) is 0 Å². The van der Waals surface area contributed by atoms with Crippen LogP contribution in [0.3, 0.4) is 0 Å². The molecule has 0 spiro atoms. The average Bonchev–Trinajstić information content (AvgIpc) is 2.95. The third kappa shape index (κ3) is 3.18. The van der Waals surface area contributed by atoms with E-state index in [1.54, 1.807) is 18.7 Å². The molecule has 0 aliphatic carbocycles. The van der Waals surface area contributed by atoms with Crippen molar-refractivity contribution >= 4 is 23.7 Å². The molecule has 0 amide bonds. The van der Waals surface area contributed by atoms with E-state index in [2.05, 4.69) is 12.2 Å². The maximum absolute atomic E-state index is 12.7. The van der Waals surface area contributed by atoms with Crippen molar-refractivity contribution in [3.05, 3.63) is 52.4 Å². The Morgan fingerprint density at radius 1 is 1.36 bits per heavy atom. The maximum atomic E-state index is 12.7. The second kappa shape index (κ2) is 7.35. The van der Waals surface area contributed by atoms with Gasteiger partial charge in [0.15, 0.2) is 0 Å². The molecule has 1 N–H and O–H groups in total. The van der Waals surface area contributed by atoms with E-state index < -0.39 is 11.9 Å². The number of allylic oxidation sites excluding steroid dienone is 1. The van der Waals surface area contributed by atoms with Gasteiger partial charge in [0, 0.05) is 10.6 Å². The number of hydrogen-bond donors (Lipinski definition) is 1. The first kappa shape index (κ1) is 17.6. The number of carbonyl (C=O) groups is 2. The second-order valence-corrected chi connectivity index (χ2v) is 7.06. The molecule has 1 atom stereocenters. The van der Waals surface area contributed by atoms with Gasteiger partial charge in [-0.05, 0) is 31.2 Å². The van der Waals surface area contributed by atoms with Gasteiger partial charge in [-0.3, -0.25) is 0 Å². The maximum Gasteiger partial charge on any atom is 0.337 e. The Kier molecular flexibility index (Phi) is 5.18. The topological polar surface area (TPSA) is 64.6 Å². The molecule has 2 aliphatic rings. The van der Waals surface area contributed by atoms with Crippen LogP contribution in [0.25, 0.3) is 0 Å². The fourth-order valence-electron chi connectivity index (χ4n) is 3.26. The van der Waals surface area contributed by atoms with Crippen molar-refractivity contribution in [2.24, 2.45) is 0 Å². The lowest BCUT2D eigenvalue weighted by Gasteiger charge is -2.28. The van der Waals surface area contributed by atoms with Gasteiger partial charge >= 0.3 is 11.9 Å². The molecule has 0 saturated carbocycles. The molecular formula is C19H21NO4S. The fourth-order valence-corrected chi connectivity index (χ4v) is 4.10. The van der Waals surface area contributed by atoms with E-state index >= 15 is 0 Å². The molecule has 132 valence electrons. The highest BCUT2D eigenvalue weighted by atomic mass is 32.2. The van der Waals surface area contributed by atoms with Crippen LogP contribution >= 0.6 is 11.8 Å². The van der Waals surface area contributed by atoms with E-state index in [1.165, 1.54) is 0 Å². The van der Waals surface area contributed by atoms with Crippen LogP contribution in [0.15, 0.2) is 51.7 Å². The van der Waals surface area contributed by atoms with Gasteiger partial charge in [-0.1, -0.05) is 25.1 Å². The van der Waals surface area contributed by atoms with E-state index in [9.17, 15) is 9.59 Å². The molecule has 1 aromatic carbocycles. The third-order valence-corrected chi connectivity index (χ3v) is 5.21. The minimum atomic E-state index is -0.472. The molecule has 5 nitrogen and oxygen atoms in total. The lowest BCUT2D eigenvalue weighted by molar-refractivity contribution is -0.138. The van der Waals surface area contributed by atoms with Gasteiger partial charge < -0.3 is 14.8 Å². The normalized spacial score (nSPS) is 19.5. The van der Waals surface area contributed by atoms with Crippen LogP contribution in [-0.2, 0) is 19.1 Å². The van der Waals surface area contributed by atoms with E-state index in [0.717, 1.165) is 21.9 Å². The van der Waals surface area contributed by atoms with Crippen LogP contribution in [0.2, 0.25) is 0 Å². The van der Waals surface area contributed by atoms with Gasteiger partial charge in [-0.15, -0.1) is 11.8 Å². The molecule has 0 bridgehead atoms. The zero-order chi connectivity index (χ0) is 18.0. The Labute approximate surface area is 151 Å². The summed E-state index contributed by atoms with van der Waals surface area (Å²) in [5.74, 6) is -0.353. The van der Waals surface area contributed by atoms with Crippen LogP contribution in [0.5, 0.6) is 0 Å². The van der Waals surface area contributed by atoms with Crippen molar-refractivity contribution in [3.8, 4) is 0 Å². The monoisotopic (exact) mass is 359 g/mol. The van der Waals surface area contributed by atoms with Crippen molar-refractivity contribution in [1.82, 2.24) is 5.32 Å². The number of hydrogen-bond acceptors (Lipinski definition) is 6. The van der Waals surface area contributed by atoms with Gasteiger partial charge in [0.1, 0.15) is 6.61 Å². The number of esters is 2. The van der Waals surface area contributed by atoms with Gasteiger partial charge in [0.05, 0.1) is 29.4 Å². The number of nitrogens with one attached hydrogen (secondary N) is 1. The van der Waals surface area contributed by atoms with E-state index in [1.807, 2.05) is 31.2 Å². The molecule has 3 rings (SSSR count). The quantitative estimate of drug-likeness (QED) is 0.644. The lowest BCUT2D eigenvalue weighted by Crippen LogP contribution is -2.30. The van der Waals surface area contributed by atoms with Crippen molar-refractivity contribution in [2.45, 2.75) is 31.6 Å². The summed E-state index contributed by atoms with van der Waals surface area (Å²) in [6.45, 7) is 6.17. The minimum Gasteiger partial charge on any atom is -0.463 e. The predicted molar refractivity (Wildman–Crippen MR) is 96.0 cm³/mol. The number of dihydropyridines is 1. The zero-order valence-corrected chi connectivity index (χ0v) is 15.4. The Bertz CT molecular complexity index is 781. The molecule has 0 aromatic heterocycles. The average molecular weight is 359 g/mol. The van der Waals surface area contributed by atoms with Gasteiger partial charge in [-0.25, -0.2) is 9.59 Å². The highest BCUT2D eigenvalue weighted by Gasteiger charge is 2.42. The number of rotatable bonds is 5. The molecule has 0 saturated heterocycles. The lowest BCUT2D eigenvalue weighted by atomic mass is 9.81. The first-order chi connectivity index (χ1) is 12.1. The Morgan fingerprint density at radius 2 is 2.12 bits per heavy atom. The summed E-state index contributed by atoms with van der Waals surface area (Å²) in [7, 11) is 0. The number of thioether (sulfide) groups is 1. The van der Waals surface area contributed by atoms with Crippen molar-refractivity contribution in [3.63, 3.8) is 0 Å². The standard InChI is InChI=1S/C19H21NO4S/c1-4-23-18(21)15-11(3)20-13-10-24-19(22)17(13)16(15)12-8-6-7-9-14(12)25-5-2/h6-9,16,20H,4-5,10H2,1-3H3/t16-/m0/s1. The number of ether oxygens (including phenoxy) is 2. The molecule has 1 aromatic rings. The van der Waals surface area contributed by atoms with Crippen LogP contribution in [0, 0.1) is 0 Å². The molecular weight excluding hydrogens is 338 g/mol. The van der Waals surface area contributed by atoms with E-state index in [4.69, 9.17) is 9.47 Å². The van der Waals surface area contributed by atoms with Gasteiger partial charge in [-0.2, -0.15) is 0 Å². The predicted octanol–water partition coefficient (Wildman–Crippen LogP) is 3.13. The molecule has 25 heavy (non-hydrogen) atoms. The van der Waals surface area contributed by atoms with Crippen molar-refractivity contribution < 1.29 is 19.1 Å². The smallest absolute Gasteiger partial charge is 0.337 e. The summed E-state index contributed by atoms with van der Waals surface area (Å²) in [6.07, 6.45) is 0. The first-order valence-electron chi connectivity index (χ1n) is 8.35. The van der Waals surface area contributed by atoms with E-state index in [-0.39, 0.29) is 19.2 Å². The zero-order valence-electron chi connectivity index (χ0n) is 14.5. The summed E-state index contributed by atoms with van der Waals surface area (Å²) < 4.78 is 10.5. The highest BCUT2D eigenvalue weighted by molar-refractivity contribution is 7.99. The number of cyclic esters (lactones) is 1. The van der Waals surface area contributed by atoms with Crippen molar-refractivity contribution in [1.29, 1.82) is 0 Å². The van der Waals surface area contributed by atoms with E-state index in [0.29, 0.717) is 16.8 Å². The number of carbonyl (C=O) groups excluding carboxylic acids is 2. The Hall–Kier alpha value is -2.21. The summed E-state index contributed by atoms with van der Waals surface area (Å²) in [5.41, 5.74) is 3.36. The largest absolute Gasteiger partial charge is 0.463 e. The third-order valence-electron chi connectivity index (χ3n) is 4.24. The molecule has 0 radical (unpaired) electrons. The van der Waals surface area contributed by atoms with Crippen LogP contribution < -0.4 is 5.32 Å². The molecule has 2 aliphatic heterocycles. The van der Waals surface area contributed by atoms with Crippen LogP contribution in [0.1, 0.15) is 32.3 Å². The minimum absolute atomic E-state index is 0.210. The van der Waals surface area contributed by atoms with Gasteiger partial charge in [0.2, 0.25) is 0 Å². The highest BCUT2D eigenvalue weighted by Crippen LogP contribution is 2.44. The summed E-state index contributed by atoms with van der Waals surface area (Å²) >= 11 is 1.69. The molecule has 2 heterocycles. The van der Waals surface area contributed by atoms with Crippen molar-refractivity contribution in [2.75, 3.05) is 19.0 Å². The molecule has 6 heteroatoms. The summed E-state index contributed by atoms with van der Waals surface area (Å²) in [5, 5.41) is 3.16. The number of benzene rings is 1. The molecule has 0 fully saturated rings. The SMILES string of the molecule is CCOC(=O)C1=C(C)NC2=C(C(=O)OC2)[C@H]1c1ccccc1SCC. The summed E-state index contributed by atoms with van der Waals surface area (Å²) in [6, 6.07) is 7.88. The first-order valence-corrected chi connectivity index (χ1v) is 9.33. The fraction of sp³-hybridized carbons (Fsp3) is 0.368. The van der Waals surface area contributed by atoms with Crippen LogP contribution in [-0.4, -0.2) is 30.9 Å². The van der Waals surface area contributed by atoms with Crippen LogP contribution in [0.4, 0.5) is 0 Å². The second-order valence-electron chi connectivity index (χ2n) is 5.76. The summed E-state index contributed by atoms with van der Waals surface area (Å²) in [4.78, 5) is 26.1. The Balaban J connectivity index is 2.17. The molecule has 0 unspecified atom stereocenters. The Morgan fingerprint density at radius 3 is 2.84 bits per heavy atom.